The van der Waals surface area contributed by atoms with E-state index in [1.807, 2.05) is 35.3 Å². The van der Waals surface area contributed by atoms with Crippen molar-refractivity contribution >= 4 is 203 Å². The van der Waals surface area contributed by atoms with Crippen LogP contribution in [0, 0.1) is 0 Å². The molecular formula is C19H32S17. The van der Waals surface area contributed by atoms with Crippen molar-refractivity contribution in [3.8, 4) is 0 Å². The molecule has 0 aromatic carbocycles. The first kappa shape index (κ1) is 34.8. The van der Waals surface area contributed by atoms with Gasteiger partial charge in [0.15, 0.2) is 0 Å². The van der Waals surface area contributed by atoms with E-state index in [0.29, 0.717) is 25.5 Å². The van der Waals surface area contributed by atoms with Gasteiger partial charge in [-0.2, -0.15) is 37.9 Å². The van der Waals surface area contributed by atoms with Gasteiger partial charge < -0.3 is 0 Å². The minimum absolute atomic E-state index is 0.253. The van der Waals surface area contributed by atoms with Crippen LogP contribution in [0.1, 0.15) is 25.7 Å². The van der Waals surface area contributed by atoms with Crippen LogP contribution in [0.15, 0.2) is 0 Å². The van der Waals surface area contributed by atoms with Crippen LogP contribution in [0.2, 0.25) is 0 Å². The van der Waals surface area contributed by atoms with Crippen LogP contribution in [0.4, 0.5) is 0 Å². The highest BCUT2D eigenvalue weighted by atomic mass is 32.3. The van der Waals surface area contributed by atoms with E-state index in [-0.39, 0.29) is 3.41 Å². The molecule has 4 aliphatic heterocycles. The average Bonchev–Trinajstić information content (AvgIpc) is 2.85. The average molecular weight is 806 g/mol. The largest absolute Gasteiger partial charge is 0.168 e. The number of hydrogen-bond donors (Lipinski definition) is 3. The zero-order valence-electron chi connectivity index (χ0n) is 19.4. The molecule has 0 saturated carbocycles. The SMILES string of the molecule is SCSC1CCSC(SC2CC(SC3SCCC(SCS)S3)(SC3SCCC(SCS)S3)SCS2)S1. The molecule has 7 unspecified atom stereocenters. The quantitative estimate of drug-likeness (QED) is 0.127. The standard InChI is InChI=1S/C19H32S17/c20-8-26-12-1-4-23-16(31-12)34-15-7-19(30-11-29-15,35-17-24-5-2-13(32-17)27-9-21)36-18-25-6-3-14(33-18)28-10-22/h12-18,20-22H,1-11H2. The lowest BCUT2D eigenvalue weighted by Gasteiger charge is -2.44. The highest BCUT2D eigenvalue weighted by molar-refractivity contribution is 8.49. The molecule has 0 spiro atoms. The molecule has 4 heterocycles. The molecule has 4 rings (SSSR count). The maximum atomic E-state index is 4.51. The van der Waals surface area contributed by atoms with Crippen LogP contribution in [0.25, 0.3) is 0 Å². The number of hydrogen-bond acceptors (Lipinski definition) is 17. The Labute approximate surface area is 294 Å². The van der Waals surface area contributed by atoms with E-state index in [1.54, 1.807) is 0 Å². The van der Waals surface area contributed by atoms with Gasteiger partial charge in [-0.3, -0.25) is 0 Å². The summed E-state index contributed by atoms with van der Waals surface area (Å²) in [5.41, 5.74) is 0. The summed E-state index contributed by atoms with van der Waals surface area (Å²) in [6.07, 6.45) is 5.26. The van der Waals surface area contributed by atoms with Gasteiger partial charge in [-0.15, -0.1) is 165 Å². The maximum absolute atomic E-state index is 4.51. The second-order valence-corrected chi connectivity index (χ2v) is 32.5. The first-order chi connectivity index (χ1) is 17.6. The fraction of sp³-hybridized carbons (Fsp3) is 1.00. The van der Waals surface area contributed by atoms with Crippen molar-refractivity contribution in [2.24, 2.45) is 0 Å². The van der Waals surface area contributed by atoms with Crippen LogP contribution < -0.4 is 0 Å². The van der Waals surface area contributed by atoms with Gasteiger partial charge in [-0.25, -0.2) is 0 Å². The third-order valence-electron chi connectivity index (χ3n) is 5.16. The smallest absolute Gasteiger partial charge is 0.113 e. The molecule has 7 atom stereocenters. The van der Waals surface area contributed by atoms with Crippen molar-refractivity contribution in [1.82, 2.24) is 0 Å². The number of thiol groups is 3. The molecule has 0 N–H and O–H groups in total. The monoisotopic (exact) mass is 804 g/mol. The molecular weight excluding hydrogens is 773 g/mol. The summed E-state index contributed by atoms with van der Waals surface area (Å²) < 4.78 is 5.05. The second-order valence-electron chi connectivity index (χ2n) is 7.55. The molecule has 0 amide bonds. The summed E-state index contributed by atoms with van der Waals surface area (Å²) in [6, 6.07) is 0. The molecule has 4 fully saturated rings. The molecule has 0 nitrogen and oxygen atoms in total. The van der Waals surface area contributed by atoms with Crippen molar-refractivity contribution in [2.45, 2.75) is 59.2 Å². The number of rotatable bonds is 12. The minimum atomic E-state index is 0.253. The maximum Gasteiger partial charge on any atom is 0.113 e. The lowest BCUT2D eigenvalue weighted by molar-refractivity contribution is 0.977. The fourth-order valence-electron chi connectivity index (χ4n) is 3.51. The zero-order chi connectivity index (χ0) is 25.2. The third-order valence-corrected chi connectivity index (χ3v) is 28.7. The fourth-order valence-corrected chi connectivity index (χ4v) is 35.1. The lowest BCUT2D eigenvalue weighted by Crippen LogP contribution is -2.31. The molecule has 0 bridgehead atoms. The van der Waals surface area contributed by atoms with Crippen LogP contribution in [-0.4, -0.2) is 71.1 Å². The summed E-state index contributed by atoms with van der Waals surface area (Å²) in [7, 11) is 0. The van der Waals surface area contributed by atoms with Gasteiger partial charge in [-0.05, 0) is 36.5 Å². The molecule has 0 aromatic heterocycles. The van der Waals surface area contributed by atoms with E-state index in [1.165, 1.54) is 48.0 Å². The molecule has 0 aliphatic carbocycles. The van der Waals surface area contributed by atoms with Crippen molar-refractivity contribution in [3.63, 3.8) is 0 Å². The summed E-state index contributed by atoms with van der Waals surface area (Å²) in [4.78, 5) is 0. The summed E-state index contributed by atoms with van der Waals surface area (Å²) in [5, 5.41) is 4.04. The van der Waals surface area contributed by atoms with Gasteiger partial charge in [0.25, 0.3) is 0 Å². The van der Waals surface area contributed by atoms with Crippen LogP contribution in [0.5, 0.6) is 0 Å². The Balaban J connectivity index is 1.42. The molecule has 17 heteroatoms. The van der Waals surface area contributed by atoms with E-state index in [9.17, 15) is 0 Å². The van der Waals surface area contributed by atoms with Gasteiger partial charge in [0.1, 0.15) is 3.41 Å². The molecule has 36 heavy (non-hydrogen) atoms. The van der Waals surface area contributed by atoms with Crippen molar-refractivity contribution in [1.29, 1.82) is 0 Å². The van der Waals surface area contributed by atoms with Gasteiger partial charge >= 0.3 is 0 Å². The van der Waals surface area contributed by atoms with Gasteiger partial charge in [0, 0.05) is 26.8 Å². The van der Waals surface area contributed by atoms with Crippen LogP contribution in [0.3, 0.4) is 0 Å². The zero-order valence-corrected chi connectivity index (χ0v) is 33.5. The Kier molecular flexibility index (Phi) is 18.8. The van der Waals surface area contributed by atoms with Crippen molar-refractivity contribution in [2.75, 3.05) is 37.6 Å². The molecule has 4 aliphatic rings. The highest BCUT2D eigenvalue weighted by Crippen LogP contribution is 2.67. The predicted octanol–water partition coefficient (Wildman–Crippen LogP) is 11.3. The van der Waals surface area contributed by atoms with E-state index in [2.05, 4.69) is 167 Å². The first-order valence-electron chi connectivity index (χ1n) is 11.4. The Hall–Kier alpha value is 5.95. The van der Waals surface area contributed by atoms with E-state index < -0.39 is 0 Å². The minimum Gasteiger partial charge on any atom is -0.168 e. The van der Waals surface area contributed by atoms with Crippen LogP contribution in [-0.2, 0) is 0 Å². The molecule has 0 aromatic rings. The number of thioether (sulfide) groups is 14. The molecule has 210 valence electrons. The summed E-state index contributed by atoms with van der Waals surface area (Å²) >= 11 is 44.2. The Morgan fingerprint density at radius 2 is 1.08 bits per heavy atom. The Morgan fingerprint density at radius 1 is 0.611 bits per heavy atom. The first-order valence-corrected chi connectivity index (χ1v) is 27.1. The topological polar surface area (TPSA) is 0 Å². The van der Waals surface area contributed by atoms with Gasteiger partial charge in [0.2, 0.25) is 0 Å². The molecule has 0 radical (unpaired) electrons. The predicted molar refractivity (Wildman–Crippen MR) is 215 cm³/mol. The summed E-state index contributed by atoms with van der Waals surface area (Å²) in [5.74, 6) is 3.89. The van der Waals surface area contributed by atoms with Crippen molar-refractivity contribution < 1.29 is 0 Å². The Bertz CT molecular complexity index is 593. The highest BCUT2D eigenvalue weighted by Gasteiger charge is 2.46. The lowest BCUT2D eigenvalue weighted by atomic mass is 10.5. The van der Waals surface area contributed by atoms with Crippen molar-refractivity contribution in [3.05, 3.63) is 0 Å². The normalized spacial score (nSPS) is 40.2. The van der Waals surface area contributed by atoms with Crippen LogP contribution >= 0.6 is 203 Å². The summed E-state index contributed by atoms with van der Waals surface area (Å²) in [6.45, 7) is 0. The Morgan fingerprint density at radius 3 is 1.58 bits per heavy atom. The van der Waals surface area contributed by atoms with E-state index in [4.69, 9.17) is 0 Å². The van der Waals surface area contributed by atoms with E-state index in [0.717, 1.165) is 19.8 Å². The second kappa shape index (κ2) is 19.5. The van der Waals surface area contributed by atoms with Gasteiger partial charge in [-0.1, -0.05) is 0 Å². The van der Waals surface area contributed by atoms with E-state index >= 15 is 0 Å². The molecule has 4 saturated heterocycles. The third kappa shape index (κ3) is 12.0. The van der Waals surface area contributed by atoms with Gasteiger partial charge in [0.05, 0.1) is 30.1 Å².